The van der Waals surface area contributed by atoms with Gasteiger partial charge in [-0.2, -0.15) is 5.26 Å². The number of methoxy groups -OCH3 is 1. The summed E-state index contributed by atoms with van der Waals surface area (Å²) in [6, 6.07) is 15.5. The summed E-state index contributed by atoms with van der Waals surface area (Å²) in [5, 5.41) is 21.3. The van der Waals surface area contributed by atoms with Crippen molar-refractivity contribution >= 4 is 0 Å². The highest BCUT2D eigenvalue weighted by Crippen LogP contribution is 2.19. The van der Waals surface area contributed by atoms with Crippen LogP contribution in [0.15, 0.2) is 42.5 Å². The van der Waals surface area contributed by atoms with Gasteiger partial charge >= 0.3 is 0 Å². The number of aliphatic hydroxyl groups excluding tert-OH is 1. The van der Waals surface area contributed by atoms with Crippen LogP contribution in [0.3, 0.4) is 0 Å². The largest absolute Gasteiger partial charge is 0.495 e. The molecule has 2 aromatic rings. The lowest BCUT2D eigenvalue weighted by molar-refractivity contribution is 0.282. The predicted molar refractivity (Wildman–Crippen MR) is 80.6 cm³/mol. The molecule has 2 N–H and O–H groups in total. The molecule has 0 aromatic heterocycles. The van der Waals surface area contributed by atoms with E-state index in [1.165, 1.54) is 0 Å². The topological polar surface area (TPSA) is 65.3 Å². The van der Waals surface area contributed by atoms with Gasteiger partial charge in [0, 0.05) is 13.1 Å². The Hall–Kier alpha value is -2.35. The highest BCUT2D eigenvalue weighted by atomic mass is 16.5. The summed E-state index contributed by atoms with van der Waals surface area (Å²) in [6.07, 6.45) is 0. The molecule has 0 bridgehead atoms. The van der Waals surface area contributed by atoms with E-state index in [2.05, 4.69) is 11.4 Å². The first kappa shape index (κ1) is 15.0. The number of nitriles is 1. The summed E-state index contributed by atoms with van der Waals surface area (Å²) in [4.78, 5) is 0. The number of ether oxygens (including phenoxy) is 1. The lowest BCUT2D eigenvalue weighted by atomic mass is 10.1. The van der Waals surface area contributed by atoms with Crippen LogP contribution in [0, 0.1) is 11.3 Å². The lowest BCUT2D eigenvalue weighted by Crippen LogP contribution is -2.12. The molecule has 4 heteroatoms. The summed E-state index contributed by atoms with van der Waals surface area (Å²) in [5.74, 6) is 0.601. The molecule has 0 aliphatic rings. The number of nitrogens with one attached hydrogen (secondary N) is 1. The molecular formula is C17H18N2O2. The van der Waals surface area contributed by atoms with E-state index in [-0.39, 0.29) is 6.61 Å². The van der Waals surface area contributed by atoms with Crippen molar-refractivity contribution in [2.45, 2.75) is 19.7 Å². The Kier molecular flexibility index (Phi) is 5.33. The predicted octanol–water partition coefficient (Wildman–Crippen LogP) is 2.35. The lowest BCUT2D eigenvalue weighted by Gasteiger charge is -2.08. The second kappa shape index (κ2) is 7.44. The Labute approximate surface area is 124 Å². The van der Waals surface area contributed by atoms with Crippen molar-refractivity contribution in [1.29, 1.82) is 5.26 Å². The van der Waals surface area contributed by atoms with Crippen LogP contribution in [-0.2, 0) is 19.7 Å². The minimum Gasteiger partial charge on any atom is -0.495 e. The molecule has 2 aromatic carbocycles. The van der Waals surface area contributed by atoms with Crippen molar-refractivity contribution in [3.05, 3.63) is 64.7 Å². The van der Waals surface area contributed by atoms with E-state index in [0.717, 1.165) is 23.2 Å². The van der Waals surface area contributed by atoms with Gasteiger partial charge in [-0.05, 0) is 28.8 Å². The molecule has 0 unspecified atom stereocenters. The van der Waals surface area contributed by atoms with Gasteiger partial charge in [0.15, 0.2) is 0 Å². The molecule has 4 nitrogen and oxygen atoms in total. The third-order valence-corrected chi connectivity index (χ3v) is 3.25. The van der Waals surface area contributed by atoms with Gasteiger partial charge in [0.1, 0.15) is 11.8 Å². The number of hydrogen-bond acceptors (Lipinski definition) is 4. The normalized spacial score (nSPS) is 10.1. The fourth-order valence-corrected chi connectivity index (χ4v) is 2.05. The molecule has 108 valence electrons. The molecule has 0 aliphatic heterocycles. The molecule has 0 heterocycles. The van der Waals surface area contributed by atoms with Crippen molar-refractivity contribution in [2.75, 3.05) is 7.11 Å². The summed E-state index contributed by atoms with van der Waals surface area (Å²) in [5.41, 5.74) is 3.68. The van der Waals surface area contributed by atoms with Crippen molar-refractivity contribution in [3.8, 4) is 11.8 Å². The molecular weight excluding hydrogens is 264 g/mol. The first-order valence-electron chi connectivity index (χ1n) is 6.73. The number of aliphatic hydroxyl groups is 1. The Bertz CT molecular complexity index is 630. The fourth-order valence-electron chi connectivity index (χ4n) is 2.05. The quantitative estimate of drug-likeness (QED) is 0.853. The Morgan fingerprint density at radius 1 is 1.05 bits per heavy atom. The maximum absolute atomic E-state index is 8.99. The average Bonchev–Trinajstić information content (AvgIpc) is 2.55. The van der Waals surface area contributed by atoms with Crippen LogP contribution in [0.2, 0.25) is 0 Å². The van der Waals surface area contributed by atoms with E-state index in [4.69, 9.17) is 15.1 Å². The van der Waals surface area contributed by atoms with E-state index in [1.54, 1.807) is 13.2 Å². The molecule has 21 heavy (non-hydrogen) atoms. The van der Waals surface area contributed by atoms with Gasteiger partial charge in [-0.1, -0.05) is 30.3 Å². The smallest absolute Gasteiger partial charge is 0.136 e. The van der Waals surface area contributed by atoms with Gasteiger partial charge in [-0.25, -0.2) is 0 Å². The van der Waals surface area contributed by atoms with Gasteiger partial charge in [0.25, 0.3) is 0 Å². The van der Waals surface area contributed by atoms with Gasteiger partial charge in [-0.15, -0.1) is 0 Å². The molecule has 0 saturated heterocycles. The maximum Gasteiger partial charge on any atom is 0.136 e. The van der Waals surface area contributed by atoms with E-state index >= 15 is 0 Å². The van der Waals surface area contributed by atoms with Crippen LogP contribution in [0.1, 0.15) is 22.3 Å². The van der Waals surface area contributed by atoms with Crippen LogP contribution in [0.4, 0.5) is 0 Å². The Morgan fingerprint density at radius 2 is 1.67 bits per heavy atom. The zero-order valence-corrected chi connectivity index (χ0v) is 12.0. The van der Waals surface area contributed by atoms with E-state index < -0.39 is 0 Å². The molecule has 0 radical (unpaired) electrons. The van der Waals surface area contributed by atoms with Crippen LogP contribution in [-0.4, -0.2) is 12.2 Å². The summed E-state index contributed by atoms with van der Waals surface area (Å²) in [7, 11) is 1.57. The third kappa shape index (κ3) is 4.06. The van der Waals surface area contributed by atoms with Crippen LogP contribution in [0.25, 0.3) is 0 Å². The summed E-state index contributed by atoms with van der Waals surface area (Å²) < 4.78 is 5.19. The average molecular weight is 282 g/mol. The minimum atomic E-state index is 0.0682. The molecule has 0 spiro atoms. The fraction of sp³-hybridized carbons (Fsp3) is 0.235. The second-order valence-electron chi connectivity index (χ2n) is 4.72. The molecule has 0 atom stereocenters. The zero-order chi connectivity index (χ0) is 15.1. The Balaban J connectivity index is 1.92. The van der Waals surface area contributed by atoms with Gasteiger partial charge in [0.05, 0.1) is 19.3 Å². The highest BCUT2D eigenvalue weighted by molar-refractivity contribution is 5.45. The number of rotatable bonds is 6. The van der Waals surface area contributed by atoms with Crippen LogP contribution < -0.4 is 10.1 Å². The number of hydrogen-bond donors (Lipinski definition) is 2. The molecule has 0 saturated carbocycles. The minimum absolute atomic E-state index is 0.0682. The van der Waals surface area contributed by atoms with Gasteiger partial charge in [0.2, 0.25) is 0 Å². The number of nitrogens with zero attached hydrogens (tertiary/aromatic N) is 1. The van der Waals surface area contributed by atoms with Crippen molar-refractivity contribution in [3.63, 3.8) is 0 Å². The number of benzene rings is 2. The third-order valence-electron chi connectivity index (χ3n) is 3.25. The van der Waals surface area contributed by atoms with Gasteiger partial charge in [-0.3, -0.25) is 0 Å². The van der Waals surface area contributed by atoms with Crippen molar-refractivity contribution in [1.82, 2.24) is 5.32 Å². The van der Waals surface area contributed by atoms with Crippen LogP contribution >= 0.6 is 0 Å². The summed E-state index contributed by atoms with van der Waals surface area (Å²) in [6.45, 7) is 1.51. The molecule has 2 rings (SSSR count). The van der Waals surface area contributed by atoms with Crippen molar-refractivity contribution < 1.29 is 9.84 Å². The van der Waals surface area contributed by atoms with Crippen LogP contribution in [0.5, 0.6) is 5.75 Å². The zero-order valence-electron chi connectivity index (χ0n) is 12.0. The summed E-state index contributed by atoms with van der Waals surface area (Å²) >= 11 is 0. The maximum atomic E-state index is 8.99. The van der Waals surface area contributed by atoms with E-state index in [1.807, 2.05) is 36.4 Å². The first-order valence-corrected chi connectivity index (χ1v) is 6.73. The molecule has 0 amide bonds. The first-order chi connectivity index (χ1) is 10.3. The second-order valence-corrected chi connectivity index (χ2v) is 4.72. The van der Waals surface area contributed by atoms with Gasteiger partial charge < -0.3 is 15.2 Å². The van der Waals surface area contributed by atoms with Crippen molar-refractivity contribution in [2.24, 2.45) is 0 Å². The molecule has 0 aliphatic carbocycles. The Morgan fingerprint density at radius 3 is 2.29 bits per heavy atom. The highest BCUT2D eigenvalue weighted by Gasteiger charge is 2.03. The standard InChI is InChI=1S/C17H18N2O2/c1-21-17-8-15(6-7-16(17)9-18)11-19-10-13-2-4-14(12-20)5-3-13/h2-8,19-20H,10-12H2,1H3. The van der Waals surface area contributed by atoms with E-state index in [0.29, 0.717) is 17.9 Å². The SMILES string of the molecule is COc1cc(CNCc2ccc(CO)cc2)ccc1C#N. The monoisotopic (exact) mass is 282 g/mol. The van der Waals surface area contributed by atoms with E-state index in [9.17, 15) is 0 Å². The molecule has 0 fully saturated rings.